The molecule has 11 nitrogen and oxygen atoms in total. The Bertz CT molecular complexity index is 1740. The van der Waals surface area contributed by atoms with Gasteiger partial charge < -0.3 is 21.3 Å². The van der Waals surface area contributed by atoms with Gasteiger partial charge in [0, 0.05) is 46.6 Å². The second-order valence-electron chi connectivity index (χ2n) is 9.72. The summed E-state index contributed by atoms with van der Waals surface area (Å²) >= 11 is 1.29. The molecular formula is C33H29N5O6S. The van der Waals surface area contributed by atoms with E-state index >= 15 is 0 Å². The van der Waals surface area contributed by atoms with Crippen molar-refractivity contribution in [3.63, 3.8) is 0 Å². The van der Waals surface area contributed by atoms with Crippen molar-refractivity contribution in [2.24, 2.45) is 0 Å². The average Bonchev–Trinajstić information content (AvgIpc) is 3.02. The molecule has 0 fully saturated rings. The van der Waals surface area contributed by atoms with E-state index in [4.69, 9.17) is 0 Å². The average molecular weight is 624 g/mol. The molecule has 4 amide bonds. The molecule has 12 heteroatoms. The van der Waals surface area contributed by atoms with E-state index in [0.29, 0.717) is 33.1 Å². The van der Waals surface area contributed by atoms with Crippen LogP contribution in [0.3, 0.4) is 0 Å². The number of hydrogen-bond donors (Lipinski definition) is 4. The summed E-state index contributed by atoms with van der Waals surface area (Å²) in [7, 11) is 0. The van der Waals surface area contributed by atoms with E-state index in [2.05, 4.69) is 21.3 Å². The zero-order chi connectivity index (χ0) is 32.3. The van der Waals surface area contributed by atoms with Gasteiger partial charge in [-0.15, -0.1) is 11.8 Å². The van der Waals surface area contributed by atoms with Gasteiger partial charge in [0.15, 0.2) is 0 Å². The van der Waals surface area contributed by atoms with Crippen molar-refractivity contribution < 1.29 is 24.1 Å². The fraction of sp³-hybridized carbons (Fsp3) is 0.0909. The number of rotatable bonds is 11. The molecule has 4 aromatic carbocycles. The predicted molar refractivity (Wildman–Crippen MR) is 175 cm³/mol. The molecular weight excluding hydrogens is 594 g/mol. The Morgan fingerprint density at radius 1 is 0.778 bits per heavy atom. The zero-order valence-corrected chi connectivity index (χ0v) is 25.1. The van der Waals surface area contributed by atoms with Gasteiger partial charge in [0.2, 0.25) is 11.8 Å². The van der Waals surface area contributed by atoms with Gasteiger partial charge in [-0.2, -0.15) is 0 Å². The molecule has 4 N–H and O–H groups in total. The van der Waals surface area contributed by atoms with E-state index in [1.54, 1.807) is 85.8 Å². The van der Waals surface area contributed by atoms with Crippen LogP contribution in [-0.2, 0) is 14.4 Å². The molecule has 1 unspecified atom stereocenters. The molecule has 0 aromatic heterocycles. The molecule has 4 rings (SSSR count). The maximum absolute atomic E-state index is 13.4. The first-order valence-electron chi connectivity index (χ1n) is 13.7. The van der Waals surface area contributed by atoms with Crippen LogP contribution in [0.15, 0.2) is 114 Å². The van der Waals surface area contributed by atoms with Gasteiger partial charge in [0.1, 0.15) is 5.70 Å². The third-order valence-corrected chi connectivity index (χ3v) is 7.28. The lowest BCUT2D eigenvalue weighted by Crippen LogP contribution is -2.30. The molecule has 0 aliphatic carbocycles. The second-order valence-corrected chi connectivity index (χ2v) is 11.1. The lowest BCUT2D eigenvalue weighted by atomic mass is 10.1. The summed E-state index contributed by atoms with van der Waals surface area (Å²) in [5.41, 5.74) is 2.24. The number of nitrogens with zero attached hydrogens (tertiary/aromatic N) is 1. The number of anilines is 3. The molecule has 45 heavy (non-hydrogen) atoms. The van der Waals surface area contributed by atoms with Crippen LogP contribution < -0.4 is 21.3 Å². The molecule has 4 aromatic rings. The maximum atomic E-state index is 13.4. The SMILES string of the molecule is CC(=O)Nc1ccc(NC(=O)C(C)Sc2cccc(NC(=O)/C(=C\c3ccc([N+](=O)[O-])cc3)NC(=O)c3ccccc3)c2)cc1. The van der Waals surface area contributed by atoms with Gasteiger partial charge in [-0.3, -0.25) is 29.3 Å². The first-order chi connectivity index (χ1) is 21.6. The minimum Gasteiger partial charge on any atom is -0.326 e. The molecule has 0 aliphatic heterocycles. The number of nitrogens with one attached hydrogen (secondary N) is 4. The Hall–Kier alpha value is -5.75. The smallest absolute Gasteiger partial charge is 0.272 e. The molecule has 1 atom stereocenters. The van der Waals surface area contributed by atoms with Crippen LogP contribution in [0.2, 0.25) is 0 Å². The highest BCUT2D eigenvalue weighted by molar-refractivity contribution is 8.00. The molecule has 0 heterocycles. The number of amides is 4. The van der Waals surface area contributed by atoms with Crippen molar-refractivity contribution in [3.05, 3.63) is 130 Å². The van der Waals surface area contributed by atoms with Crippen LogP contribution >= 0.6 is 11.8 Å². The minimum atomic E-state index is -0.617. The number of benzene rings is 4. The molecule has 0 spiro atoms. The van der Waals surface area contributed by atoms with Crippen LogP contribution in [0.4, 0.5) is 22.7 Å². The fourth-order valence-corrected chi connectivity index (χ4v) is 4.91. The Kier molecular flexibility index (Phi) is 10.8. The lowest BCUT2D eigenvalue weighted by Gasteiger charge is -2.14. The highest BCUT2D eigenvalue weighted by atomic mass is 32.2. The number of carbonyl (C=O) groups is 4. The largest absolute Gasteiger partial charge is 0.326 e. The van der Waals surface area contributed by atoms with Crippen LogP contribution in [0, 0.1) is 10.1 Å². The molecule has 0 radical (unpaired) electrons. The van der Waals surface area contributed by atoms with E-state index in [1.165, 1.54) is 49.0 Å². The molecule has 0 saturated heterocycles. The summed E-state index contributed by atoms with van der Waals surface area (Å²) < 4.78 is 0. The summed E-state index contributed by atoms with van der Waals surface area (Å²) in [5, 5.41) is 21.5. The van der Waals surface area contributed by atoms with Crippen molar-refractivity contribution in [2.45, 2.75) is 24.0 Å². The number of carbonyl (C=O) groups excluding carboxylic acids is 4. The Labute approximate surface area is 263 Å². The monoisotopic (exact) mass is 623 g/mol. The Morgan fingerprint density at radius 2 is 1.42 bits per heavy atom. The van der Waals surface area contributed by atoms with Gasteiger partial charge in [-0.05, 0) is 85.3 Å². The van der Waals surface area contributed by atoms with Gasteiger partial charge in [0.25, 0.3) is 17.5 Å². The third-order valence-electron chi connectivity index (χ3n) is 6.19. The van der Waals surface area contributed by atoms with Gasteiger partial charge in [-0.25, -0.2) is 0 Å². The van der Waals surface area contributed by atoms with Gasteiger partial charge in [-0.1, -0.05) is 24.3 Å². The topological polar surface area (TPSA) is 160 Å². The van der Waals surface area contributed by atoms with Crippen molar-refractivity contribution in [1.82, 2.24) is 5.32 Å². The maximum Gasteiger partial charge on any atom is 0.272 e. The van der Waals surface area contributed by atoms with E-state index in [9.17, 15) is 29.3 Å². The lowest BCUT2D eigenvalue weighted by molar-refractivity contribution is -0.384. The number of thioether (sulfide) groups is 1. The minimum absolute atomic E-state index is 0.0759. The Balaban J connectivity index is 1.46. The van der Waals surface area contributed by atoms with Crippen LogP contribution in [-0.4, -0.2) is 33.8 Å². The quantitative estimate of drug-likeness (QED) is 0.0682. The van der Waals surface area contributed by atoms with Crippen LogP contribution in [0.5, 0.6) is 0 Å². The highest BCUT2D eigenvalue weighted by Gasteiger charge is 2.18. The standard InChI is InChI=1S/C33H29N5O6S/c1-21(31(40)35-26-15-13-25(14-16-26)34-22(2)39)45-29-10-6-9-27(20-29)36-33(42)30(37-32(41)24-7-4-3-5-8-24)19-23-11-17-28(18-12-23)38(43)44/h3-21H,1-2H3,(H,34,39)(H,35,40)(H,36,42)(H,37,41)/b30-19+. The molecule has 228 valence electrons. The van der Waals surface area contributed by atoms with E-state index in [-0.39, 0.29) is 23.2 Å². The number of nitro benzene ring substituents is 1. The van der Waals surface area contributed by atoms with Gasteiger partial charge >= 0.3 is 0 Å². The summed E-state index contributed by atoms with van der Waals surface area (Å²) in [4.78, 5) is 61.5. The van der Waals surface area contributed by atoms with E-state index in [1.807, 2.05) is 0 Å². The first-order valence-corrected chi connectivity index (χ1v) is 14.5. The van der Waals surface area contributed by atoms with E-state index < -0.39 is 22.0 Å². The van der Waals surface area contributed by atoms with Crippen LogP contribution in [0.25, 0.3) is 6.08 Å². The normalized spacial score (nSPS) is 11.6. The third kappa shape index (κ3) is 9.63. The van der Waals surface area contributed by atoms with Crippen molar-refractivity contribution >= 4 is 64.2 Å². The van der Waals surface area contributed by atoms with Gasteiger partial charge in [0.05, 0.1) is 10.2 Å². The summed E-state index contributed by atoms with van der Waals surface area (Å²) in [6.07, 6.45) is 1.42. The summed E-state index contributed by atoms with van der Waals surface area (Å²) in [6.45, 7) is 3.16. The molecule has 0 aliphatic rings. The number of non-ortho nitro benzene ring substituents is 1. The first kappa shape index (κ1) is 32.2. The highest BCUT2D eigenvalue weighted by Crippen LogP contribution is 2.27. The number of nitro groups is 1. The fourth-order valence-electron chi connectivity index (χ4n) is 3.99. The predicted octanol–water partition coefficient (Wildman–Crippen LogP) is 6.08. The van der Waals surface area contributed by atoms with Crippen LogP contribution in [0.1, 0.15) is 29.8 Å². The Morgan fingerprint density at radius 3 is 2.04 bits per heavy atom. The number of hydrogen-bond acceptors (Lipinski definition) is 7. The molecule has 0 saturated carbocycles. The molecule has 0 bridgehead atoms. The van der Waals surface area contributed by atoms with Crippen molar-refractivity contribution in [2.75, 3.05) is 16.0 Å². The van der Waals surface area contributed by atoms with E-state index in [0.717, 1.165) is 0 Å². The zero-order valence-electron chi connectivity index (χ0n) is 24.3. The summed E-state index contributed by atoms with van der Waals surface area (Å²) in [5.74, 6) is -1.55. The summed E-state index contributed by atoms with van der Waals surface area (Å²) in [6, 6.07) is 27.6. The van der Waals surface area contributed by atoms with Crippen molar-refractivity contribution in [1.29, 1.82) is 0 Å². The van der Waals surface area contributed by atoms with Crippen molar-refractivity contribution in [3.8, 4) is 0 Å². The second kappa shape index (κ2) is 15.1.